The molecule has 0 radical (unpaired) electrons. The van der Waals surface area contributed by atoms with Gasteiger partial charge in [-0.15, -0.1) is 0 Å². The van der Waals surface area contributed by atoms with E-state index < -0.39 is 0 Å². The van der Waals surface area contributed by atoms with E-state index in [9.17, 15) is 0 Å². The van der Waals surface area contributed by atoms with Gasteiger partial charge in [0.1, 0.15) is 5.82 Å². The van der Waals surface area contributed by atoms with Gasteiger partial charge in [0.2, 0.25) is 5.95 Å². The maximum absolute atomic E-state index is 4.72. The lowest BCUT2D eigenvalue weighted by molar-refractivity contribution is 0.405. The zero-order chi connectivity index (χ0) is 19.8. The molecule has 0 aliphatic carbocycles. The Bertz CT molecular complexity index is 860. The lowest BCUT2D eigenvalue weighted by atomic mass is 10.1. The highest BCUT2D eigenvalue weighted by atomic mass is 15.1. The van der Waals surface area contributed by atoms with Crippen LogP contribution in [-0.2, 0) is 6.54 Å². The van der Waals surface area contributed by atoms with E-state index in [1.807, 2.05) is 24.3 Å². The molecule has 3 aromatic rings. The molecular formula is C23H29N5. The molecule has 0 unspecified atom stereocenters. The van der Waals surface area contributed by atoms with Gasteiger partial charge in [-0.2, -0.15) is 4.98 Å². The molecule has 3 rings (SSSR count). The van der Waals surface area contributed by atoms with Gasteiger partial charge in [0, 0.05) is 24.7 Å². The van der Waals surface area contributed by atoms with Crippen LogP contribution in [0.25, 0.3) is 11.3 Å². The minimum absolute atomic E-state index is 0.636. The smallest absolute Gasteiger partial charge is 0.225 e. The molecule has 2 N–H and O–H groups in total. The third kappa shape index (κ3) is 6.06. The highest BCUT2D eigenvalue weighted by Crippen LogP contribution is 2.21. The maximum atomic E-state index is 4.72. The Morgan fingerprint density at radius 1 is 0.893 bits per heavy atom. The van der Waals surface area contributed by atoms with Crippen molar-refractivity contribution in [3.8, 4) is 11.3 Å². The van der Waals surface area contributed by atoms with E-state index in [1.54, 1.807) is 0 Å². The molecule has 1 aromatic heterocycles. The number of hydrogen-bond donors (Lipinski definition) is 2. The maximum Gasteiger partial charge on any atom is 0.225 e. The predicted octanol–water partition coefficient (Wildman–Crippen LogP) is 4.43. The van der Waals surface area contributed by atoms with Gasteiger partial charge in [0.25, 0.3) is 0 Å². The van der Waals surface area contributed by atoms with Crippen molar-refractivity contribution in [1.82, 2.24) is 14.9 Å². The summed E-state index contributed by atoms with van der Waals surface area (Å²) in [6, 6.07) is 20.7. The topological polar surface area (TPSA) is 53.1 Å². The first-order chi connectivity index (χ1) is 13.6. The van der Waals surface area contributed by atoms with Crippen LogP contribution in [0.3, 0.4) is 0 Å². The first-order valence-electron chi connectivity index (χ1n) is 9.73. The number of nitrogens with zero attached hydrogens (tertiary/aromatic N) is 3. The van der Waals surface area contributed by atoms with Gasteiger partial charge in [-0.1, -0.05) is 60.2 Å². The summed E-state index contributed by atoms with van der Waals surface area (Å²) in [5, 5.41) is 6.81. The van der Waals surface area contributed by atoms with Gasteiger partial charge in [-0.3, -0.25) is 0 Å². The van der Waals surface area contributed by atoms with Crippen molar-refractivity contribution < 1.29 is 0 Å². The summed E-state index contributed by atoms with van der Waals surface area (Å²) < 4.78 is 0. The van der Waals surface area contributed by atoms with E-state index in [2.05, 4.69) is 77.9 Å². The number of aromatic nitrogens is 2. The summed E-state index contributed by atoms with van der Waals surface area (Å²) in [6.07, 6.45) is 1.06. The fourth-order valence-corrected chi connectivity index (χ4v) is 2.87. The van der Waals surface area contributed by atoms with Crippen LogP contribution < -0.4 is 10.6 Å². The average molecular weight is 376 g/mol. The van der Waals surface area contributed by atoms with Gasteiger partial charge < -0.3 is 15.5 Å². The van der Waals surface area contributed by atoms with Crippen molar-refractivity contribution >= 4 is 11.8 Å². The quantitative estimate of drug-likeness (QED) is 0.542. The highest BCUT2D eigenvalue weighted by molar-refractivity contribution is 5.64. The molecule has 5 heteroatoms. The summed E-state index contributed by atoms with van der Waals surface area (Å²) in [4.78, 5) is 11.6. The van der Waals surface area contributed by atoms with Gasteiger partial charge in [-0.05, 0) is 39.5 Å². The molecule has 0 saturated heterocycles. The molecular weight excluding hydrogens is 346 g/mol. The summed E-state index contributed by atoms with van der Waals surface area (Å²) >= 11 is 0. The Balaban J connectivity index is 1.75. The van der Waals surface area contributed by atoms with Crippen molar-refractivity contribution in [3.63, 3.8) is 0 Å². The Kier molecular flexibility index (Phi) is 6.98. The fourth-order valence-electron chi connectivity index (χ4n) is 2.87. The monoisotopic (exact) mass is 375 g/mol. The molecule has 0 spiro atoms. The van der Waals surface area contributed by atoms with E-state index in [0.29, 0.717) is 12.5 Å². The lowest BCUT2D eigenvalue weighted by Crippen LogP contribution is -2.17. The largest absolute Gasteiger partial charge is 0.370 e. The van der Waals surface area contributed by atoms with Crippen LogP contribution in [0.4, 0.5) is 11.8 Å². The molecule has 0 bridgehead atoms. The molecule has 0 fully saturated rings. The molecule has 5 nitrogen and oxygen atoms in total. The number of rotatable bonds is 9. The third-order valence-corrected chi connectivity index (χ3v) is 4.46. The first-order valence-corrected chi connectivity index (χ1v) is 9.73. The minimum Gasteiger partial charge on any atom is -0.370 e. The van der Waals surface area contributed by atoms with Gasteiger partial charge >= 0.3 is 0 Å². The molecule has 2 aromatic carbocycles. The van der Waals surface area contributed by atoms with E-state index >= 15 is 0 Å². The zero-order valence-corrected chi connectivity index (χ0v) is 16.9. The molecule has 0 amide bonds. The van der Waals surface area contributed by atoms with Crippen molar-refractivity contribution in [2.24, 2.45) is 0 Å². The van der Waals surface area contributed by atoms with Crippen molar-refractivity contribution in [1.29, 1.82) is 0 Å². The second-order valence-electron chi connectivity index (χ2n) is 7.25. The van der Waals surface area contributed by atoms with Crippen LogP contribution in [0.1, 0.15) is 17.5 Å². The second kappa shape index (κ2) is 9.85. The minimum atomic E-state index is 0.636. The lowest BCUT2D eigenvalue weighted by Gasteiger charge is -2.13. The van der Waals surface area contributed by atoms with E-state index in [0.717, 1.165) is 36.6 Å². The summed E-state index contributed by atoms with van der Waals surface area (Å²) in [7, 11) is 4.18. The molecule has 0 saturated carbocycles. The number of anilines is 2. The molecule has 1 heterocycles. The molecule has 146 valence electrons. The Morgan fingerprint density at radius 2 is 1.64 bits per heavy atom. The van der Waals surface area contributed by atoms with Crippen LogP contribution in [0.2, 0.25) is 0 Å². The van der Waals surface area contributed by atoms with Crippen molar-refractivity contribution in [3.05, 3.63) is 71.8 Å². The number of hydrogen-bond acceptors (Lipinski definition) is 5. The van der Waals surface area contributed by atoms with Crippen LogP contribution in [0, 0.1) is 6.92 Å². The first kappa shape index (κ1) is 19.8. The highest BCUT2D eigenvalue weighted by Gasteiger charge is 2.07. The number of aryl methyl sites for hydroxylation is 1. The van der Waals surface area contributed by atoms with E-state index in [-0.39, 0.29) is 0 Å². The Hall–Kier alpha value is -2.92. The van der Waals surface area contributed by atoms with Crippen LogP contribution in [0.5, 0.6) is 0 Å². The molecule has 28 heavy (non-hydrogen) atoms. The number of nitrogens with one attached hydrogen (secondary N) is 2. The SMILES string of the molecule is Cc1ccc(CNc2nc(NCCCN(C)C)cc(-c3ccccc3)n2)cc1. The standard InChI is InChI=1S/C23H29N5/c1-18-10-12-19(13-11-18)17-25-23-26-21(20-8-5-4-6-9-20)16-22(27-23)24-14-7-15-28(2)3/h4-6,8-13,16H,7,14-15,17H2,1-3H3,(H2,24,25,26,27). The molecule has 0 atom stereocenters. The summed E-state index contributed by atoms with van der Waals surface area (Å²) in [5.41, 5.74) is 4.46. The molecule has 0 aliphatic rings. The summed E-state index contributed by atoms with van der Waals surface area (Å²) in [6.45, 7) is 4.71. The predicted molar refractivity (Wildman–Crippen MR) is 118 cm³/mol. The average Bonchev–Trinajstić information content (AvgIpc) is 2.71. The third-order valence-electron chi connectivity index (χ3n) is 4.46. The van der Waals surface area contributed by atoms with Crippen LogP contribution >= 0.6 is 0 Å². The Morgan fingerprint density at radius 3 is 2.36 bits per heavy atom. The second-order valence-corrected chi connectivity index (χ2v) is 7.25. The normalized spacial score (nSPS) is 10.9. The van der Waals surface area contributed by atoms with Crippen molar-refractivity contribution in [2.75, 3.05) is 37.8 Å². The number of benzene rings is 2. The Labute approximate surface area is 167 Å². The van der Waals surface area contributed by atoms with Gasteiger partial charge in [0.05, 0.1) is 5.69 Å². The van der Waals surface area contributed by atoms with E-state index in [1.165, 1.54) is 11.1 Å². The van der Waals surface area contributed by atoms with Crippen molar-refractivity contribution in [2.45, 2.75) is 19.9 Å². The van der Waals surface area contributed by atoms with Gasteiger partial charge in [-0.25, -0.2) is 4.98 Å². The fraction of sp³-hybridized carbons (Fsp3) is 0.304. The van der Waals surface area contributed by atoms with Crippen LogP contribution in [0.15, 0.2) is 60.7 Å². The van der Waals surface area contributed by atoms with E-state index in [4.69, 9.17) is 4.98 Å². The van der Waals surface area contributed by atoms with Gasteiger partial charge in [0.15, 0.2) is 0 Å². The zero-order valence-electron chi connectivity index (χ0n) is 16.9. The van der Waals surface area contributed by atoms with Crippen LogP contribution in [-0.4, -0.2) is 42.1 Å². The molecule has 0 aliphatic heterocycles. The summed E-state index contributed by atoms with van der Waals surface area (Å²) in [5.74, 6) is 1.48.